The van der Waals surface area contributed by atoms with Crippen molar-refractivity contribution < 1.29 is 4.79 Å². The maximum absolute atomic E-state index is 11.7. The molecule has 1 aromatic rings. The van der Waals surface area contributed by atoms with Gasteiger partial charge in [-0.15, -0.1) is 0 Å². The molecule has 0 aliphatic carbocycles. The smallest absolute Gasteiger partial charge is 0.251 e. The molecule has 16 heavy (non-hydrogen) atoms. The maximum Gasteiger partial charge on any atom is 0.251 e. The normalized spacial score (nSPS) is 10.2. The molecule has 3 nitrogen and oxygen atoms in total. The van der Waals surface area contributed by atoms with Gasteiger partial charge < -0.3 is 11.1 Å². The number of hydrogen-bond donors (Lipinski definition) is 2. The Morgan fingerprint density at radius 2 is 1.81 bits per heavy atom. The van der Waals surface area contributed by atoms with Gasteiger partial charge in [0.1, 0.15) is 4.99 Å². The Morgan fingerprint density at radius 3 is 2.25 bits per heavy atom. The van der Waals surface area contributed by atoms with E-state index in [1.165, 1.54) is 0 Å². The molecule has 86 valence electrons. The fraction of sp³-hybridized carbons (Fsp3) is 0.333. The van der Waals surface area contributed by atoms with E-state index in [9.17, 15) is 4.79 Å². The van der Waals surface area contributed by atoms with Crippen LogP contribution >= 0.6 is 12.2 Å². The van der Waals surface area contributed by atoms with Crippen LogP contribution < -0.4 is 11.1 Å². The zero-order valence-corrected chi connectivity index (χ0v) is 10.3. The van der Waals surface area contributed by atoms with Gasteiger partial charge in [0.15, 0.2) is 0 Å². The monoisotopic (exact) mass is 236 g/mol. The second kappa shape index (κ2) is 5.61. The van der Waals surface area contributed by atoms with Gasteiger partial charge in [0.05, 0.1) is 0 Å². The average Bonchev–Trinajstić information content (AvgIpc) is 2.26. The number of nitrogens with two attached hydrogens (primary N) is 1. The lowest BCUT2D eigenvalue weighted by Gasteiger charge is -2.07. The zero-order valence-electron chi connectivity index (χ0n) is 9.49. The fourth-order valence-corrected chi connectivity index (χ4v) is 1.32. The van der Waals surface area contributed by atoms with E-state index in [1.807, 2.05) is 0 Å². The average molecular weight is 236 g/mol. The summed E-state index contributed by atoms with van der Waals surface area (Å²) in [5.41, 5.74) is 6.87. The molecular formula is C12H16N2OS. The second-order valence-electron chi connectivity index (χ2n) is 4.05. The Bertz CT molecular complexity index is 385. The first-order valence-electron chi connectivity index (χ1n) is 5.18. The van der Waals surface area contributed by atoms with Crippen LogP contribution in [0.25, 0.3) is 0 Å². The molecule has 0 fully saturated rings. The molecule has 1 amide bonds. The van der Waals surface area contributed by atoms with E-state index < -0.39 is 0 Å². The summed E-state index contributed by atoms with van der Waals surface area (Å²) < 4.78 is 0. The van der Waals surface area contributed by atoms with E-state index in [0.29, 0.717) is 23.0 Å². The van der Waals surface area contributed by atoms with Crippen molar-refractivity contribution >= 4 is 23.1 Å². The lowest BCUT2D eigenvalue weighted by atomic mass is 10.1. The van der Waals surface area contributed by atoms with Crippen LogP contribution in [0, 0.1) is 5.92 Å². The van der Waals surface area contributed by atoms with E-state index >= 15 is 0 Å². The molecule has 0 aliphatic heterocycles. The summed E-state index contributed by atoms with van der Waals surface area (Å²) in [6.07, 6.45) is 0. The summed E-state index contributed by atoms with van der Waals surface area (Å²) >= 11 is 4.83. The van der Waals surface area contributed by atoms with Crippen LogP contribution in [0.3, 0.4) is 0 Å². The lowest BCUT2D eigenvalue weighted by molar-refractivity contribution is 0.0949. The standard InChI is InChI=1S/C12H16N2OS/c1-8(2)7-14-12(15)10-5-3-9(4-6-10)11(13)16/h3-6,8H,7H2,1-2H3,(H2,13,16)(H,14,15). The summed E-state index contributed by atoms with van der Waals surface area (Å²) in [5, 5.41) is 2.84. The molecule has 0 spiro atoms. The number of nitrogens with one attached hydrogen (secondary N) is 1. The molecule has 3 N–H and O–H groups in total. The minimum atomic E-state index is -0.0665. The Labute approximate surface area is 101 Å². The van der Waals surface area contributed by atoms with Crippen molar-refractivity contribution in [1.82, 2.24) is 5.32 Å². The maximum atomic E-state index is 11.7. The van der Waals surface area contributed by atoms with Gasteiger partial charge in [-0.25, -0.2) is 0 Å². The Hall–Kier alpha value is -1.42. The van der Waals surface area contributed by atoms with Crippen molar-refractivity contribution in [3.8, 4) is 0 Å². The molecule has 0 heterocycles. The van der Waals surface area contributed by atoms with Gasteiger partial charge in [-0.05, 0) is 18.1 Å². The Balaban J connectivity index is 2.67. The molecule has 1 rings (SSSR count). The predicted molar refractivity (Wildman–Crippen MR) is 69.5 cm³/mol. The number of benzene rings is 1. The zero-order chi connectivity index (χ0) is 12.1. The first-order chi connectivity index (χ1) is 7.50. The summed E-state index contributed by atoms with van der Waals surface area (Å²) in [4.78, 5) is 12.0. The summed E-state index contributed by atoms with van der Waals surface area (Å²) in [6.45, 7) is 4.78. The van der Waals surface area contributed by atoms with Gasteiger partial charge in [0, 0.05) is 17.7 Å². The van der Waals surface area contributed by atoms with E-state index in [2.05, 4.69) is 19.2 Å². The predicted octanol–water partition coefficient (Wildman–Crippen LogP) is 1.71. The first kappa shape index (κ1) is 12.6. The van der Waals surface area contributed by atoms with E-state index in [-0.39, 0.29) is 5.91 Å². The molecule has 0 aromatic heterocycles. The topological polar surface area (TPSA) is 55.1 Å². The fourth-order valence-electron chi connectivity index (χ4n) is 1.18. The Kier molecular flexibility index (Phi) is 4.43. The van der Waals surface area contributed by atoms with E-state index in [1.54, 1.807) is 24.3 Å². The number of rotatable bonds is 4. The van der Waals surface area contributed by atoms with Crippen LogP contribution in [-0.2, 0) is 0 Å². The number of amides is 1. The third-order valence-electron chi connectivity index (χ3n) is 2.10. The molecular weight excluding hydrogens is 220 g/mol. The van der Waals surface area contributed by atoms with Crippen LogP contribution in [0.5, 0.6) is 0 Å². The van der Waals surface area contributed by atoms with Gasteiger partial charge >= 0.3 is 0 Å². The van der Waals surface area contributed by atoms with E-state index in [4.69, 9.17) is 18.0 Å². The van der Waals surface area contributed by atoms with Crippen molar-refractivity contribution in [1.29, 1.82) is 0 Å². The first-order valence-corrected chi connectivity index (χ1v) is 5.59. The van der Waals surface area contributed by atoms with Gasteiger partial charge in [-0.1, -0.05) is 38.2 Å². The quantitative estimate of drug-likeness (QED) is 0.782. The molecule has 0 unspecified atom stereocenters. The van der Waals surface area contributed by atoms with Gasteiger partial charge in [-0.2, -0.15) is 0 Å². The molecule has 0 bridgehead atoms. The van der Waals surface area contributed by atoms with Crippen molar-refractivity contribution in [2.75, 3.05) is 6.54 Å². The molecule has 4 heteroatoms. The Morgan fingerprint density at radius 1 is 1.31 bits per heavy atom. The van der Waals surface area contributed by atoms with Crippen LogP contribution in [-0.4, -0.2) is 17.4 Å². The highest BCUT2D eigenvalue weighted by molar-refractivity contribution is 7.80. The van der Waals surface area contributed by atoms with Crippen molar-refractivity contribution in [3.05, 3.63) is 35.4 Å². The van der Waals surface area contributed by atoms with Crippen LogP contribution in [0.2, 0.25) is 0 Å². The minimum absolute atomic E-state index is 0.0665. The van der Waals surface area contributed by atoms with Gasteiger partial charge in [0.25, 0.3) is 5.91 Å². The molecule has 1 aromatic carbocycles. The number of thiocarbonyl (C=S) groups is 1. The summed E-state index contributed by atoms with van der Waals surface area (Å²) in [7, 11) is 0. The second-order valence-corrected chi connectivity index (χ2v) is 4.49. The highest BCUT2D eigenvalue weighted by Gasteiger charge is 2.05. The van der Waals surface area contributed by atoms with Crippen LogP contribution in [0.1, 0.15) is 29.8 Å². The van der Waals surface area contributed by atoms with Crippen LogP contribution in [0.4, 0.5) is 0 Å². The largest absolute Gasteiger partial charge is 0.389 e. The molecule has 0 aliphatic rings. The summed E-state index contributed by atoms with van der Waals surface area (Å²) in [5.74, 6) is 0.378. The minimum Gasteiger partial charge on any atom is -0.389 e. The van der Waals surface area contributed by atoms with Crippen molar-refractivity contribution in [2.45, 2.75) is 13.8 Å². The highest BCUT2D eigenvalue weighted by atomic mass is 32.1. The van der Waals surface area contributed by atoms with E-state index in [0.717, 1.165) is 5.56 Å². The molecule has 0 atom stereocenters. The van der Waals surface area contributed by atoms with Gasteiger partial charge in [-0.3, -0.25) is 4.79 Å². The number of hydrogen-bond acceptors (Lipinski definition) is 2. The molecule has 0 saturated carbocycles. The summed E-state index contributed by atoms with van der Waals surface area (Å²) in [6, 6.07) is 6.97. The number of carbonyl (C=O) groups is 1. The number of carbonyl (C=O) groups excluding carboxylic acids is 1. The van der Waals surface area contributed by atoms with Gasteiger partial charge in [0.2, 0.25) is 0 Å². The third kappa shape index (κ3) is 3.62. The van der Waals surface area contributed by atoms with Crippen molar-refractivity contribution in [2.24, 2.45) is 11.7 Å². The molecule has 0 saturated heterocycles. The SMILES string of the molecule is CC(C)CNC(=O)c1ccc(C(N)=S)cc1. The molecule has 0 radical (unpaired) electrons. The lowest BCUT2D eigenvalue weighted by Crippen LogP contribution is -2.27. The highest BCUT2D eigenvalue weighted by Crippen LogP contribution is 2.04. The van der Waals surface area contributed by atoms with Crippen molar-refractivity contribution in [3.63, 3.8) is 0 Å². The van der Waals surface area contributed by atoms with Crippen LogP contribution in [0.15, 0.2) is 24.3 Å². The third-order valence-corrected chi connectivity index (χ3v) is 2.34.